The summed E-state index contributed by atoms with van der Waals surface area (Å²) in [6, 6.07) is 35.4. The molecule has 0 amide bonds. The van der Waals surface area contributed by atoms with Crippen LogP contribution in [0.1, 0.15) is 65.2 Å². The van der Waals surface area contributed by atoms with E-state index in [0.29, 0.717) is 0 Å². The van der Waals surface area contributed by atoms with Gasteiger partial charge in [0.2, 0.25) is 0 Å². The molecule has 0 aliphatic carbocycles. The van der Waals surface area contributed by atoms with Crippen molar-refractivity contribution in [1.29, 1.82) is 0 Å². The fourth-order valence-electron chi connectivity index (χ4n) is 8.01. The van der Waals surface area contributed by atoms with Crippen LogP contribution in [0.25, 0.3) is 32.7 Å². The second-order valence-corrected chi connectivity index (χ2v) is 24.5. The first-order valence-electron chi connectivity index (χ1n) is 18.6. The van der Waals surface area contributed by atoms with Crippen LogP contribution < -0.4 is 10.6 Å². The third-order valence-electron chi connectivity index (χ3n) is 11.9. The molecule has 0 aliphatic heterocycles. The molecule has 0 saturated heterocycles. The maximum atomic E-state index is 2.48. The maximum absolute atomic E-state index is 2.48. The Kier molecular flexibility index (Phi) is 12.5. The standard InChI is InChI=1S/C17H27NSi.C16H25NSi.C10H11N/c1-6-14-10-11-15-13-17(18(5)16(15)12-14)19(7-2,8-3)9-4;1-6-18(7-2,8-3)16-12-14-10-9-13(4)11-15(14)17(16)5;1-8-3-4-9-5-6-11(2)10(9)7-8/h10-13H,6-9H2,1-5H3;9-12H,6-8H2,1-5H3;3-7H,1-2H3. The van der Waals surface area contributed by atoms with Gasteiger partial charge < -0.3 is 13.7 Å². The van der Waals surface area contributed by atoms with Crippen molar-refractivity contribution in [3.8, 4) is 0 Å². The minimum absolute atomic E-state index is 1.12. The Hall–Kier alpha value is -3.29. The van der Waals surface area contributed by atoms with Gasteiger partial charge in [-0.15, -0.1) is 0 Å². The Bertz CT molecular complexity index is 1930. The number of aryl methyl sites for hydroxylation is 6. The van der Waals surface area contributed by atoms with Crippen LogP contribution in [-0.2, 0) is 27.6 Å². The molecule has 0 spiro atoms. The fourth-order valence-corrected chi connectivity index (χ4v) is 15.8. The Labute approximate surface area is 294 Å². The van der Waals surface area contributed by atoms with Gasteiger partial charge in [-0.3, -0.25) is 0 Å². The summed E-state index contributed by atoms with van der Waals surface area (Å²) in [6.07, 6.45) is 3.21. The van der Waals surface area contributed by atoms with E-state index in [1.54, 1.807) is 10.6 Å². The first-order valence-corrected chi connectivity index (χ1v) is 23.9. The largest absolute Gasteiger partial charge is 0.352 e. The molecule has 0 bridgehead atoms. The third-order valence-corrected chi connectivity index (χ3v) is 23.2. The molecule has 6 aromatic rings. The molecule has 0 aliphatic rings. The van der Waals surface area contributed by atoms with E-state index in [2.05, 4.69) is 176 Å². The molecule has 3 aromatic heterocycles. The van der Waals surface area contributed by atoms with Gasteiger partial charge >= 0.3 is 0 Å². The van der Waals surface area contributed by atoms with E-state index in [1.807, 2.05) is 0 Å². The number of hydrogen-bond acceptors (Lipinski definition) is 0. The molecule has 0 saturated carbocycles. The minimum Gasteiger partial charge on any atom is -0.352 e. The van der Waals surface area contributed by atoms with Crippen molar-refractivity contribution in [2.45, 2.75) is 105 Å². The monoisotopic (exact) mass is 677 g/mol. The highest BCUT2D eigenvalue weighted by atomic mass is 28.3. The molecule has 0 unspecified atom stereocenters. The van der Waals surface area contributed by atoms with Gasteiger partial charge in [-0.25, -0.2) is 0 Å². The molecule has 48 heavy (non-hydrogen) atoms. The van der Waals surface area contributed by atoms with E-state index in [4.69, 9.17) is 0 Å². The molecule has 0 N–H and O–H groups in total. The van der Waals surface area contributed by atoms with E-state index in [-0.39, 0.29) is 0 Å². The Balaban J connectivity index is 0.000000168. The van der Waals surface area contributed by atoms with Gasteiger partial charge in [-0.2, -0.15) is 0 Å². The molecule has 3 heterocycles. The number of benzene rings is 3. The Morgan fingerprint density at radius 1 is 0.458 bits per heavy atom. The number of fused-ring (bicyclic) bond motifs is 3. The van der Waals surface area contributed by atoms with Crippen LogP contribution in [0.4, 0.5) is 0 Å². The minimum atomic E-state index is -1.29. The second-order valence-electron chi connectivity index (χ2n) is 14.2. The number of nitrogens with zero attached hydrogens (tertiary/aromatic N) is 3. The lowest BCUT2D eigenvalue weighted by molar-refractivity contribution is 0.968. The van der Waals surface area contributed by atoms with Crippen molar-refractivity contribution in [2.24, 2.45) is 21.1 Å². The predicted molar refractivity (Wildman–Crippen MR) is 221 cm³/mol. The highest BCUT2D eigenvalue weighted by Gasteiger charge is 2.33. The summed E-state index contributed by atoms with van der Waals surface area (Å²) in [7, 11) is 4.02. The maximum Gasteiger partial charge on any atom is 0.107 e. The van der Waals surface area contributed by atoms with Gasteiger partial charge in [0.1, 0.15) is 16.1 Å². The Morgan fingerprint density at radius 3 is 1.33 bits per heavy atom. The summed E-state index contributed by atoms with van der Waals surface area (Å²) in [5.41, 5.74) is 8.24. The zero-order chi connectivity index (χ0) is 35.2. The molecule has 3 aromatic carbocycles. The average molecular weight is 678 g/mol. The van der Waals surface area contributed by atoms with Crippen LogP contribution in [-0.4, -0.2) is 29.8 Å². The Morgan fingerprint density at radius 2 is 0.875 bits per heavy atom. The van der Waals surface area contributed by atoms with Gasteiger partial charge in [0.05, 0.1) is 0 Å². The molecule has 5 heteroatoms. The number of aromatic nitrogens is 3. The fraction of sp³-hybridized carbons (Fsp3) is 0.442. The first-order chi connectivity index (χ1) is 23.0. The number of rotatable bonds is 9. The molecule has 0 radical (unpaired) electrons. The molecular weight excluding hydrogens is 615 g/mol. The van der Waals surface area contributed by atoms with Crippen LogP contribution in [0.15, 0.2) is 79.0 Å². The smallest absolute Gasteiger partial charge is 0.107 e. The third kappa shape index (κ3) is 7.33. The highest BCUT2D eigenvalue weighted by Crippen LogP contribution is 2.26. The number of hydrogen-bond donors (Lipinski definition) is 0. The van der Waals surface area contributed by atoms with Crippen LogP contribution in [0.2, 0.25) is 36.3 Å². The van der Waals surface area contributed by atoms with E-state index in [9.17, 15) is 0 Å². The van der Waals surface area contributed by atoms with E-state index in [1.165, 1.54) is 85.7 Å². The predicted octanol–water partition coefficient (Wildman–Crippen LogP) is 11.1. The first kappa shape index (κ1) is 37.5. The average Bonchev–Trinajstić information content (AvgIpc) is 3.76. The van der Waals surface area contributed by atoms with Gasteiger partial charge in [0, 0.05) is 54.5 Å². The van der Waals surface area contributed by atoms with Crippen molar-refractivity contribution >= 4 is 59.5 Å². The van der Waals surface area contributed by atoms with E-state index >= 15 is 0 Å². The van der Waals surface area contributed by atoms with Crippen LogP contribution in [0.5, 0.6) is 0 Å². The lowest BCUT2D eigenvalue weighted by Gasteiger charge is -2.28. The summed E-state index contributed by atoms with van der Waals surface area (Å²) >= 11 is 0. The summed E-state index contributed by atoms with van der Waals surface area (Å²) in [6.45, 7) is 20.8. The van der Waals surface area contributed by atoms with Gasteiger partial charge in [0.25, 0.3) is 0 Å². The van der Waals surface area contributed by atoms with Gasteiger partial charge in [0.15, 0.2) is 0 Å². The van der Waals surface area contributed by atoms with Crippen LogP contribution >= 0.6 is 0 Å². The van der Waals surface area contributed by atoms with Crippen molar-refractivity contribution in [2.75, 3.05) is 0 Å². The topological polar surface area (TPSA) is 14.8 Å². The van der Waals surface area contributed by atoms with Crippen molar-refractivity contribution < 1.29 is 0 Å². The molecule has 6 rings (SSSR count). The summed E-state index contributed by atoms with van der Waals surface area (Å²) in [4.78, 5) is 0. The van der Waals surface area contributed by atoms with Crippen molar-refractivity contribution in [3.05, 3.63) is 95.7 Å². The molecule has 3 nitrogen and oxygen atoms in total. The lowest BCUT2D eigenvalue weighted by atomic mass is 10.1. The zero-order valence-electron chi connectivity index (χ0n) is 32.3. The molecule has 0 fully saturated rings. The van der Waals surface area contributed by atoms with Gasteiger partial charge in [-0.1, -0.05) is 121 Å². The van der Waals surface area contributed by atoms with Crippen LogP contribution in [0, 0.1) is 13.8 Å². The second kappa shape index (κ2) is 15.9. The van der Waals surface area contributed by atoms with Gasteiger partial charge in [-0.05, 0) is 89.5 Å². The van der Waals surface area contributed by atoms with E-state index in [0.717, 1.165) is 6.42 Å². The molecule has 258 valence electrons. The van der Waals surface area contributed by atoms with E-state index < -0.39 is 16.1 Å². The SMILES string of the molecule is CC[Si](CC)(CC)c1cc2ccc(C)cc2n1C.CCc1ccc2cc([Si](CC)(CC)CC)n(C)c2c1.Cc1ccc2ccn(C)c2c1. The summed E-state index contributed by atoms with van der Waals surface area (Å²) < 4.78 is 7.09. The van der Waals surface area contributed by atoms with Crippen molar-refractivity contribution in [3.63, 3.8) is 0 Å². The zero-order valence-corrected chi connectivity index (χ0v) is 34.3. The molecule has 0 atom stereocenters. The molecular formula is C43H63N3Si2. The normalized spacial score (nSPS) is 11.9. The summed E-state index contributed by atoms with van der Waals surface area (Å²) in [5, 5.41) is 7.42. The summed E-state index contributed by atoms with van der Waals surface area (Å²) in [5.74, 6) is 0. The van der Waals surface area contributed by atoms with Crippen molar-refractivity contribution in [1.82, 2.24) is 13.7 Å². The quantitative estimate of drug-likeness (QED) is 0.135. The highest BCUT2D eigenvalue weighted by molar-refractivity contribution is 6.92. The van der Waals surface area contributed by atoms with Crippen LogP contribution in [0.3, 0.4) is 0 Å². The lowest BCUT2D eigenvalue weighted by Crippen LogP contribution is -2.48.